The van der Waals surface area contributed by atoms with Gasteiger partial charge in [-0.3, -0.25) is 4.79 Å². The summed E-state index contributed by atoms with van der Waals surface area (Å²) >= 11 is 6.02. The van der Waals surface area contributed by atoms with Crippen LogP contribution in [0.2, 0.25) is 5.02 Å². The number of hydrogen-bond donors (Lipinski definition) is 1. The quantitative estimate of drug-likeness (QED) is 0.628. The molecule has 1 amide bonds. The maximum atomic E-state index is 12.3. The van der Waals surface area contributed by atoms with Crippen LogP contribution in [0.5, 0.6) is 0 Å². The molecule has 2 rings (SSSR count). The highest BCUT2D eigenvalue weighted by Gasteiger charge is 2.22. The zero-order valence-corrected chi connectivity index (χ0v) is 10.9. The molecular weight excluding hydrogens is 252 g/mol. The van der Waals surface area contributed by atoms with E-state index < -0.39 is 0 Å². The molecule has 1 fully saturated rings. The van der Waals surface area contributed by atoms with Gasteiger partial charge in [0.2, 0.25) is 0 Å². The summed E-state index contributed by atoms with van der Waals surface area (Å²) in [6.45, 7) is 3.02. The van der Waals surface area contributed by atoms with E-state index in [0.29, 0.717) is 36.5 Å². The molecule has 1 aliphatic heterocycles. The van der Waals surface area contributed by atoms with Crippen LogP contribution in [0.25, 0.3) is 0 Å². The third kappa shape index (κ3) is 2.48. The molecule has 18 heavy (non-hydrogen) atoms. The molecule has 1 aliphatic rings. The van der Waals surface area contributed by atoms with Gasteiger partial charge in [-0.2, -0.15) is 0 Å². The highest BCUT2D eigenvalue weighted by atomic mass is 35.5. The highest BCUT2D eigenvalue weighted by molar-refractivity contribution is 6.31. The molecule has 1 N–H and O–H groups in total. The van der Waals surface area contributed by atoms with Gasteiger partial charge in [-0.25, -0.2) is 0 Å². The van der Waals surface area contributed by atoms with Gasteiger partial charge in [-0.05, 0) is 24.6 Å². The van der Waals surface area contributed by atoms with Crippen LogP contribution in [0.3, 0.4) is 0 Å². The Balaban J connectivity index is 2.15. The number of likely N-dealkylation sites (tertiary alicyclic amines) is 1. The van der Waals surface area contributed by atoms with Gasteiger partial charge in [0.25, 0.3) is 5.91 Å². The van der Waals surface area contributed by atoms with Gasteiger partial charge < -0.3 is 10.1 Å². The van der Waals surface area contributed by atoms with Crippen LogP contribution in [-0.2, 0) is 0 Å². The first kappa shape index (κ1) is 12.9. The van der Waals surface area contributed by atoms with E-state index in [1.54, 1.807) is 23.1 Å². The lowest BCUT2D eigenvalue weighted by Gasteiger charge is -2.27. The molecule has 0 aromatic heterocycles. The number of rotatable bonds is 1. The SMILES string of the molecule is Cc1c(Cl)cccc1C(=O)N1CCC(=NO)CC1. The molecule has 0 saturated carbocycles. The maximum Gasteiger partial charge on any atom is 0.254 e. The minimum atomic E-state index is -0.00742. The van der Waals surface area contributed by atoms with Crippen molar-refractivity contribution < 1.29 is 10.0 Å². The molecule has 0 bridgehead atoms. The van der Waals surface area contributed by atoms with Gasteiger partial charge in [0.1, 0.15) is 0 Å². The lowest BCUT2D eigenvalue weighted by Crippen LogP contribution is -2.39. The van der Waals surface area contributed by atoms with Crippen molar-refractivity contribution in [2.75, 3.05) is 13.1 Å². The average molecular weight is 267 g/mol. The fourth-order valence-corrected chi connectivity index (χ4v) is 2.25. The number of amides is 1. The molecule has 5 heteroatoms. The number of benzene rings is 1. The Morgan fingerprint density at radius 3 is 2.67 bits per heavy atom. The Morgan fingerprint density at radius 2 is 2.06 bits per heavy atom. The van der Waals surface area contributed by atoms with Crippen LogP contribution in [-0.4, -0.2) is 34.8 Å². The molecule has 1 aromatic carbocycles. The van der Waals surface area contributed by atoms with Gasteiger partial charge in [0.05, 0.1) is 5.71 Å². The maximum absolute atomic E-state index is 12.3. The Bertz CT molecular complexity index is 490. The minimum absolute atomic E-state index is 0.00742. The lowest BCUT2D eigenvalue weighted by atomic mass is 10.0. The molecule has 4 nitrogen and oxygen atoms in total. The summed E-state index contributed by atoms with van der Waals surface area (Å²) in [6.07, 6.45) is 1.25. The van der Waals surface area contributed by atoms with E-state index in [2.05, 4.69) is 5.16 Å². The van der Waals surface area contributed by atoms with Crippen molar-refractivity contribution >= 4 is 23.2 Å². The summed E-state index contributed by atoms with van der Waals surface area (Å²) in [5, 5.41) is 12.5. The van der Waals surface area contributed by atoms with Crippen LogP contribution >= 0.6 is 11.6 Å². The fraction of sp³-hybridized carbons (Fsp3) is 0.385. The summed E-state index contributed by atoms with van der Waals surface area (Å²) in [6, 6.07) is 5.35. The van der Waals surface area contributed by atoms with E-state index in [4.69, 9.17) is 16.8 Å². The number of carbonyl (C=O) groups excluding carboxylic acids is 1. The van der Waals surface area contributed by atoms with E-state index in [1.807, 2.05) is 6.92 Å². The normalized spacial score (nSPS) is 15.7. The average Bonchev–Trinajstić information content (AvgIpc) is 2.41. The number of hydrogen-bond acceptors (Lipinski definition) is 3. The molecule has 0 aliphatic carbocycles. The number of nitrogens with zero attached hydrogens (tertiary/aromatic N) is 2. The molecule has 0 spiro atoms. The molecule has 1 heterocycles. The Kier molecular flexibility index (Phi) is 3.87. The van der Waals surface area contributed by atoms with Gasteiger partial charge in [-0.15, -0.1) is 0 Å². The van der Waals surface area contributed by atoms with E-state index in [9.17, 15) is 4.79 Å². The predicted molar refractivity (Wildman–Crippen MR) is 70.5 cm³/mol. The molecule has 96 valence electrons. The summed E-state index contributed by atoms with van der Waals surface area (Å²) in [4.78, 5) is 14.1. The van der Waals surface area contributed by atoms with E-state index >= 15 is 0 Å². The molecule has 1 saturated heterocycles. The molecule has 0 atom stereocenters. The fourth-order valence-electron chi connectivity index (χ4n) is 2.08. The van der Waals surface area contributed by atoms with Crippen molar-refractivity contribution in [3.8, 4) is 0 Å². The Hall–Kier alpha value is -1.55. The van der Waals surface area contributed by atoms with Crippen molar-refractivity contribution in [3.05, 3.63) is 34.3 Å². The molecule has 0 radical (unpaired) electrons. The van der Waals surface area contributed by atoms with Crippen LogP contribution in [0, 0.1) is 6.92 Å². The zero-order valence-electron chi connectivity index (χ0n) is 10.2. The highest BCUT2D eigenvalue weighted by Crippen LogP contribution is 2.21. The summed E-state index contributed by atoms with van der Waals surface area (Å²) in [5.41, 5.74) is 2.21. The second-order valence-corrected chi connectivity index (χ2v) is 4.78. The van der Waals surface area contributed by atoms with Crippen molar-refractivity contribution in [1.82, 2.24) is 4.90 Å². The van der Waals surface area contributed by atoms with Gasteiger partial charge in [-0.1, -0.05) is 22.8 Å². The third-order valence-corrected chi connectivity index (χ3v) is 3.68. The molecule has 0 unspecified atom stereocenters. The van der Waals surface area contributed by atoms with Gasteiger partial charge >= 0.3 is 0 Å². The first-order chi connectivity index (χ1) is 8.63. The van der Waals surface area contributed by atoms with Crippen molar-refractivity contribution in [2.45, 2.75) is 19.8 Å². The van der Waals surface area contributed by atoms with Crippen LogP contribution < -0.4 is 0 Å². The van der Waals surface area contributed by atoms with Crippen LogP contribution in [0.4, 0.5) is 0 Å². The zero-order chi connectivity index (χ0) is 13.1. The summed E-state index contributed by atoms with van der Waals surface area (Å²) in [5.74, 6) is -0.00742. The Labute approximate surface area is 111 Å². The second-order valence-electron chi connectivity index (χ2n) is 4.37. The van der Waals surface area contributed by atoms with Crippen LogP contribution in [0.1, 0.15) is 28.8 Å². The lowest BCUT2D eigenvalue weighted by molar-refractivity contribution is 0.0753. The third-order valence-electron chi connectivity index (χ3n) is 3.27. The molecule has 1 aromatic rings. The van der Waals surface area contributed by atoms with Crippen LogP contribution in [0.15, 0.2) is 23.4 Å². The molecular formula is C13H15ClN2O2. The number of oxime groups is 1. The summed E-state index contributed by atoms with van der Waals surface area (Å²) < 4.78 is 0. The largest absolute Gasteiger partial charge is 0.411 e. The smallest absolute Gasteiger partial charge is 0.254 e. The van der Waals surface area contributed by atoms with E-state index in [-0.39, 0.29) is 5.91 Å². The topological polar surface area (TPSA) is 52.9 Å². The van der Waals surface area contributed by atoms with Crippen molar-refractivity contribution in [1.29, 1.82) is 0 Å². The van der Waals surface area contributed by atoms with Gasteiger partial charge in [0.15, 0.2) is 0 Å². The van der Waals surface area contributed by atoms with Gasteiger partial charge in [0, 0.05) is 36.5 Å². The summed E-state index contributed by atoms with van der Waals surface area (Å²) in [7, 11) is 0. The first-order valence-corrected chi connectivity index (χ1v) is 6.25. The number of piperidine rings is 1. The van der Waals surface area contributed by atoms with Crippen molar-refractivity contribution in [2.24, 2.45) is 5.16 Å². The monoisotopic (exact) mass is 266 g/mol. The standard InChI is InChI=1S/C13H15ClN2O2/c1-9-11(3-2-4-12(9)14)13(17)16-7-5-10(15-18)6-8-16/h2-4,18H,5-8H2,1H3. The second kappa shape index (κ2) is 5.40. The predicted octanol–water partition coefficient (Wildman–Crippen LogP) is 2.71. The van der Waals surface area contributed by atoms with E-state index in [0.717, 1.165) is 11.3 Å². The Morgan fingerprint density at radius 1 is 1.39 bits per heavy atom. The first-order valence-electron chi connectivity index (χ1n) is 5.87. The minimum Gasteiger partial charge on any atom is -0.411 e. The van der Waals surface area contributed by atoms with Crippen molar-refractivity contribution in [3.63, 3.8) is 0 Å². The number of halogens is 1. The number of carbonyl (C=O) groups is 1. The van der Waals surface area contributed by atoms with E-state index in [1.165, 1.54) is 0 Å².